The minimum atomic E-state index is 0.229. The van der Waals surface area contributed by atoms with Crippen molar-refractivity contribution in [1.29, 1.82) is 0 Å². The van der Waals surface area contributed by atoms with Crippen LogP contribution < -0.4 is 10.1 Å². The molecule has 4 nitrogen and oxygen atoms in total. The monoisotopic (exact) mass is 273 g/mol. The highest BCUT2D eigenvalue weighted by Crippen LogP contribution is 2.25. The Bertz CT molecular complexity index is 563. The van der Waals surface area contributed by atoms with Gasteiger partial charge in [-0.05, 0) is 51.5 Å². The van der Waals surface area contributed by atoms with Crippen LogP contribution in [0.5, 0.6) is 5.75 Å². The van der Waals surface area contributed by atoms with Crippen LogP contribution in [0.25, 0.3) is 0 Å². The lowest BCUT2D eigenvalue weighted by Gasteiger charge is -2.16. The number of hydrogen-bond acceptors (Lipinski definition) is 3. The number of hydrogen-bond donors (Lipinski definition) is 1. The minimum Gasteiger partial charge on any atom is -0.494 e. The summed E-state index contributed by atoms with van der Waals surface area (Å²) in [5.74, 6) is 0.919. The Morgan fingerprint density at radius 2 is 2.15 bits per heavy atom. The van der Waals surface area contributed by atoms with Gasteiger partial charge in [-0.3, -0.25) is 4.68 Å². The maximum atomic E-state index is 5.51. The van der Waals surface area contributed by atoms with E-state index in [1.165, 1.54) is 11.1 Å². The number of aryl methyl sites for hydroxylation is 2. The molecule has 0 radical (unpaired) electrons. The molecule has 0 aliphatic heterocycles. The van der Waals surface area contributed by atoms with Gasteiger partial charge >= 0.3 is 0 Å². The van der Waals surface area contributed by atoms with Crippen molar-refractivity contribution in [2.45, 2.75) is 40.3 Å². The van der Waals surface area contributed by atoms with Gasteiger partial charge in [0.2, 0.25) is 0 Å². The molecule has 1 aromatic carbocycles. The highest BCUT2D eigenvalue weighted by Gasteiger charge is 2.09. The van der Waals surface area contributed by atoms with Gasteiger partial charge in [0.05, 0.1) is 18.8 Å². The number of aromatic nitrogens is 2. The molecular formula is C16H23N3O. The van der Waals surface area contributed by atoms with Gasteiger partial charge in [0.15, 0.2) is 0 Å². The Morgan fingerprint density at radius 3 is 2.75 bits per heavy atom. The van der Waals surface area contributed by atoms with E-state index in [0.717, 1.165) is 18.0 Å². The van der Waals surface area contributed by atoms with E-state index in [-0.39, 0.29) is 6.04 Å². The maximum Gasteiger partial charge on any atom is 0.119 e. The molecule has 0 saturated carbocycles. The molecule has 0 aliphatic carbocycles. The van der Waals surface area contributed by atoms with Crippen molar-refractivity contribution in [3.05, 3.63) is 41.7 Å². The number of nitrogens with zero attached hydrogens (tertiary/aromatic N) is 2. The molecule has 2 rings (SSSR count). The Labute approximate surface area is 120 Å². The topological polar surface area (TPSA) is 39.1 Å². The van der Waals surface area contributed by atoms with Gasteiger partial charge in [-0.2, -0.15) is 5.10 Å². The second kappa shape index (κ2) is 6.46. The molecule has 0 amide bonds. The third-order valence-corrected chi connectivity index (χ3v) is 3.36. The van der Waals surface area contributed by atoms with Crippen LogP contribution in [0.15, 0.2) is 30.6 Å². The van der Waals surface area contributed by atoms with Gasteiger partial charge in [-0.25, -0.2) is 0 Å². The lowest BCUT2D eigenvalue weighted by Crippen LogP contribution is -2.07. The van der Waals surface area contributed by atoms with Crippen LogP contribution >= 0.6 is 0 Å². The van der Waals surface area contributed by atoms with E-state index in [0.29, 0.717) is 6.61 Å². The first kappa shape index (κ1) is 14.4. The SMILES string of the molecule is CCOc1ccc(NC(C)c2cnn(CC)c2)c(C)c1. The molecule has 1 N–H and O–H groups in total. The zero-order valence-corrected chi connectivity index (χ0v) is 12.7. The van der Waals surface area contributed by atoms with Crippen LogP contribution in [0.3, 0.4) is 0 Å². The molecule has 1 unspecified atom stereocenters. The second-order valence-electron chi connectivity index (χ2n) is 4.91. The number of nitrogens with one attached hydrogen (secondary N) is 1. The molecule has 1 heterocycles. The van der Waals surface area contributed by atoms with Crippen molar-refractivity contribution in [2.75, 3.05) is 11.9 Å². The van der Waals surface area contributed by atoms with Gasteiger partial charge < -0.3 is 10.1 Å². The first-order chi connectivity index (χ1) is 9.63. The fourth-order valence-corrected chi connectivity index (χ4v) is 2.15. The summed E-state index contributed by atoms with van der Waals surface area (Å²) >= 11 is 0. The second-order valence-corrected chi connectivity index (χ2v) is 4.91. The van der Waals surface area contributed by atoms with Crippen LogP contribution in [-0.2, 0) is 6.54 Å². The van der Waals surface area contributed by atoms with Gasteiger partial charge in [0.25, 0.3) is 0 Å². The molecule has 2 aromatic rings. The average molecular weight is 273 g/mol. The van der Waals surface area contributed by atoms with E-state index in [1.54, 1.807) is 0 Å². The zero-order chi connectivity index (χ0) is 14.5. The number of ether oxygens (including phenoxy) is 1. The average Bonchev–Trinajstić information content (AvgIpc) is 2.91. The third kappa shape index (κ3) is 3.32. The summed E-state index contributed by atoms with van der Waals surface area (Å²) < 4.78 is 7.45. The summed E-state index contributed by atoms with van der Waals surface area (Å²) in [6.07, 6.45) is 4.01. The smallest absolute Gasteiger partial charge is 0.119 e. The number of anilines is 1. The molecule has 1 atom stereocenters. The summed E-state index contributed by atoms with van der Waals surface area (Å²) in [7, 11) is 0. The maximum absolute atomic E-state index is 5.51. The van der Waals surface area contributed by atoms with Crippen molar-refractivity contribution in [2.24, 2.45) is 0 Å². The Balaban J connectivity index is 2.09. The van der Waals surface area contributed by atoms with E-state index in [1.807, 2.05) is 23.9 Å². The molecule has 0 saturated heterocycles. The Morgan fingerprint density at radius 1 is 1.35 bits per heavy atom. The number of benzene rings is 1. The fourth-order valence-electron chi connectivity index (χ4n) is 2.15. The van der Waals surface area contributed by atoms with Crippen LogP contribution in [0, 0.1) is 6.92 Å². The molecule has 0 bridgehead atoms. The van der Waals surface area contributed by atoms with E-state index in [2.05, 4.69) is 49.5 Å². The van der Waals surface area contributed by atoms with Crippen molar-refractivity contribution in [3.63, 3.8) is 0 Å². The first-order valence-electron chi connectivity index (χ1n) is 7.16. The largest absolute Gasteiger partial charge is 0.494 e. The van der Waals surface area contributed by atoms with Gasteiger partial charge in [0.1, 0.15) is 5.75 Å². The lowest BCUT2D eigenvalue weighted by atomic mass is 10.1. The number of rotatable bonds is 6. The van der Waals surface area contributed by atoms with E-state index in [4.69, 9.17) is 4.74 Å². The quantitative estimate of drug-likeness (QED) is 0.870. The molecule has 1 aromatic heterocycles. The van der Waals surface area contributed by atoms with Crippen LogP contribution in [0.1, 0.15) is 37.9 Å². The Kier molecular flexibility index (Phi) is 4.66. The van der Waals surface area contributed by atoms with Crippen molar-refractivity contribution in [3.8, 4) is 5.75 Å². The highest BCUT2D eigenvalue weighted by molar-refractivity contribution is 5.54. The molecule has 0 aliphatic rings. The van der Waals surface area contributed by atoms with Gasteiger partial charge in [-0.15, -0.1) is 0 Å². The Hall–Kier alpha value is -1.97. The summed E-state index contributed by atoms with van der Waals surface area (Å²) in [5.41, 5.74) is 3.51. The molecule has 0 fully saturated rings. The fraction of sp³-hybridized carbons (Fsp3) is 0.438. The minimum absolute atomic E-state index is 0.229. The van der Waals surface area contributed by atoms with E-state index >= 15 is 0 Å². The standard InChI is InChI=1S/C16H23N3O/c1-5-19-11-14(10-17-19)13(4)18-16-8-7-15(20-6-2)9-12(16)3/h7-11,13,18H,5-6H2,1-4H3. The summed E-state index contributed by atoms with van der Waals surface area (Å²) in [4.78, 5) is 0. The third-order valence-electron chi connectivity index (χ3n) is 3.36. The zero-order valence-electron chi connectivity index (χ0n) is 12.7. The van der Waals surface area contributed by atoms with Crippen LogP contribution in [0.2, 0.25) is 0 Å². The lowest BCUT2D eigenvalue weighted by molar-refractivity contribution is 0.340. The predicted octanol–water partition coefficient (Wildman–Crippen LogP) is 3.78. The molecule has 0 spiro atoms. The van der Waals surface area contributed by atoms with Crippen LogP contribution in [0.4, 0.5) is 5.69 Å². The van der Waals surface area contributed by atoms with Crippen LogP contribution in [-0.4, -0.2) is 16.4 Å². The predicted molar refractivity (Wildman–Crippen MR) is 82.3 cm³/mol. The van der Waals surface area contributed by atoms with Gasteiger partial charge in [0, 0.05) is 24.0 Å². The van der Waals surface area contributed by atoms with E-state index < -0.39 is 0 Å². The normalized spacial score (nSPS) is 12.2. The van der Waals surface area contributed by atoms with Gasteiger partial charge in [-0.1, -0.05) is 0 Å². The molecular weight excluding hydrogens is 250 g/mol. The molecule has 108 valence electrons. The highest BCUT2D eigenvalue weighted by atomic mass is 16.5. The molecule has 4 heteroatoms. The summed E-state index contributed by atoms with van der Waals surface area (Å²) in [6.45, 7) is 9.91. The van der Waals surface area contributed by atoms with E-state index in [9.17, 15) is 0 Å². The molecule has 20 heavy (non-hydrogen) atoms. The van der Waals surface area contributed by atoms with Crippen molar-refractivity contribution in [1.82, 2.24) is 9.78 Å². The van der Waals surface area contributed by atoms with Crippen molar-refractivity contribution >= 4 is 5.69 Å². The summed E-state index contributed by atoms with van der Waals surface area (Å²) in [6, 6.07) is 6.36. The summed E-state index contributed by atoms with van der Waals surface area (Å²) in [5, 5.41) is 7.84. The van der Waals surface area contributed by atoms with Crippen molar-refractivity contribution < 1.29 is 4.74 Å². The first-order valence-corrected chi connectivity index (χ1v) is 7.16.